The highest BCUT2D eigenvalue weighted by molar-refractivity contribution is 6.29. The van der Waals surface area contributed by atoms with Crippen LogP contribution >= 0.6 is 11.6 Å². The fraction of sp³-hybridized carbons (Fsp3) is 0.0909. The van der Waals surface area contributed by atoms with E-state index in [4.69, 9.17) is 16.7 Å². The van der Waals surface area contributed by atoms with E-state index in [2.05, 4.69) is 20.5 Å². The molecule has 0 aliphatic heterocycles. The molecule has 112 valence electrons. The average molecular weight is 325 g/mol. The van der Waals surface area contributed by atoms with Crippen molar-refractivity contribution in [1.29, 1.82) is 0 Å². The maximum absolute atomic E-state index is 13.6. The summed E-state index contributed by atoms with van der Waals surface area (Å²) in [4.78, 5) is 27.1. The lowest BCUT2D eigenvalue weighted by Gasteiger charge is -2.10. The number of halogens is 2. The van der Waals surface area contributed by atoms with Gasteiger partial charge in [0.05, 0.1) is 5.39 Å². The summed E-state index contributed by atoms with van der Waals surface area (Å²) < 4.78 is 16.0. The number of carbonyl (C=O) groups is 1. The summed E-state index contributed by atoms with van der Waals surface area (Å²) >= 11 is 5.64. The minimum atomic E-state index is -1.47. The lowest BCUT2D eigenvalue weighted by Crippen LogP contribution is -2.20. The maximum atomic E-state index is 13.6. The number of aromatic nitrogens is 6. The largest absolute Gasteiger partial charge is 0.477 e. The van der Waals surface area contributed by atoms with Crippen molar-refractivity contribution >= 4 is 28.6 Å². The molecular weight excluding hydrogens is 319 g/mol. The zero-order valence-electron chi connectivity index (χ0n) is 10.9. The lowest BCUT2D eigenvalue weighted by molar-refractivity contribution is 0.0695. The number of pyridine rings is 2. The van der Waals surface area contributed by atoms with Crippen molar-refractivity contribution in [1.82, 2.24) is 29.8 Å². The van der Waals surface area contributed by atoms with E-state index in [1.807, 2.05) is 0 Å². The van der Waals surface area contributed by atoms with Gasteiger partial charge in [-0.05, 0) is 16.5 Å². The minimum absolute atomic E-state index is 0.0562. The summed E-state index contributed by atoms with van der Waals surface area (Å²) in [6.45, 7) is 0. The number of carboxylic acids is 1. The Morgan fingerprint density at radius 3 is 2.77 bits per heavy atom. The number of hydrogen-bond donors (Lipinski definition) is 1. The molecule has 0 atom stereocenters. The molecule has 11 heteroatoms. The Hall–Kier alpha value is -2.88. The zero-order valence-corrected chi connectivity index (χ0v) is 11.6. The average Bonchev–Trinajstić information content (AvgIpc) is 2.87. The van der Waals surface area contributed by atoms with Crippen LogP contribution in [0.4, 0.5) is 4.39 Å². The third-order valence-electron chi connectivity index (χ3n) is 2.93. The predicted octanol–water partition coefficient (Wildman–Crippen LogP) is 0.400. The van der Waals surface area contributed by atoms with Crippen molar-refractivity contribution in [3.63, 3.8) is 0 Å². The number of fused-ring (bicyclic) bond motifs is 1. The van der Waals surface area contributed by atoms with Crippen molar-refractivity contribution in [2.24, 2.45) is 7.05 Å². The molecule has 3 rings (SSSR count). The van der Waals surface area contributed by atoms with E-state index < -0.39 is 27.9 Å². The first-order valence-corrected chi connectivity index (χ1v) is 6.15. The van der Waals surface area contributed by atoms with Gasteiger partial charge in [0.2, 0.25) is 5.43 Å². The van der Waals surface area contributed by atoms with Crippen LogP contribution in [0.25, 0.3) is 17.0 Å². The van der Waals surface area contributed by atoms with Crippen LogP contribution in [0.2, 0.25) is 5.15 Å². The van der Waals surface area contributed by atoms with Gasteiger partial charge in [-0.2, -0.15) is 0 Å². The summed E-state index contributed by atoms with van der Waals surface area (Å²) in [6, 6.07) is 0.833. The molecule has 3 aromatic heterocycles. The minimum Gasteiger partial charge on any atom is -0.477 e. The van der Waals surface area contributed by atoms with Gasteiger partial charge in [-0.3, -0.25) is 9.36 Å². The number of nitrogens with zero attached hydrogens (tertiary/aromatic N) is 6. The second kappa shape index (κ2) is 4.84. The molecule has 0 saturated heterocycles. The van der Waals surface area contributed by atoms with Crippen molar-refractivity contribution in [3.05, 3.63) is 39.0 Å². The Morgan fingerprint density at radius 2 is 2.18 bits per heavy atom. The molecule has 0 aromatic carbocycles. The molecular formula is C11H6ClFN6O3. The highest BCUT2D eigenvalue weighted by atomic mass is 35.5. The predicted molar refractivity (Wildman–Crippen MR) is 71.6 cm³/mol. The van der Waals surface area contributed by atoms with Gasteiger partial charge in [-0.1, -0.05) is 16.7 Å². The van der Waals surface area contributed by atoms with Gasteiger partial charge in [-0.25, -0.2) is 18.9 Å². The first-order valence-electron chi connectivity index (χ1n) is 5.77. The highest BCUT2D eigenvalue weighted by Crippen LogP contribution is 2.19. The van der Waals surface area contributed by atoms with E-state index >= 15 is 0 Å². The highest BCUT2D eigenvalue weighted by Gasteiger charge is 2.20. The Kier molecular flexibility index (Phi) is 3.10. The number of hydrogen-bond acceptors (Lipinski definition) is 6. The van der Waals surface area contributed by atoms with Crippen LogP contribution in [0.5, 0.6) is 0 Å². The Balaban J connectivity index is 2.53. The van der Waals surface area contributed by atoms with Crippen LogP contribution in [0.1, 0.15) is 10.4 Å². The van der Waals surface area contributed by atoms with Gasteiger partial charge in [0.1, 0.15) is 5.56 Å². The first-order chi connectivity index (χ1) is 10.4. The molecule has 0 aliphatic carbocycles. The van der Waals surface area contributed by atoms with Crippen molar-refractivity contribution in [3.8, 4) is 5.95 Å². The second-order valence-electron chi connectivity index (χ2n) is 4.28. The molecule has 1 N–H and O–H groups in total. The smallest absolute Gasteiger partial charge is 0.341 e. The molecule has 0 radical (unpaired) electrons. The maximum Gasteiger partial charge on any atom is 0.341 e. The molecule has 0 spiro atoms. The molecule has 3 aromatic rings. The van der Waals surface area contributed by atoms with Gasteiger partial charge in [0, 0.05) is 13.2 Å². The molecule has 3 heterocycles. The number of carboxylic acid groups (broad SMARTS) is 1. The Labute approximate surface area is 125 Å². The van der Waals surface area contributed by atoms with Crippen LogP contribution < -0.4 is 5.43 Å². The summed E-state index contributed by atoms with van der Waals surface area (Å²) in [5.41, 5.74) is -1.50. The number of aryl methyl sites for hydroxylation is 1. The molecule has 0 unspecified atom stereocenters. The summed E-state index contributed by atoms with van der Waals surface area (Å²) in [7, 11) is 1.50. The van der Waals surface area contributed by atoms with E-state index in [9.17, 15) is 14.0 Å². The number of rotatable bonds is 2. The standard InChI is InChI=1S/C11H6ClFN6O3/c1-18-11(15-16-17-18)19-3-5(10(21)22)7(20)4-2-6(13)8(12)14-9(4)19/h2-3H,1H3,(H,21,22). The summed E-state index contributed by atoms with van der Waals surface area (Å²) in [5.74, 6) is -2.31. The molecule has 0 bridgehead atoms. The molecule has 22 heavy (non-hydrogen) atoms. The molecule has 9 nitrogen and oxygen atoms in total. The molecule has 0 saturated carbocycles. The van der Waals surface area contributed by atoms with Crippen molar-refractivity contribution < 1.29 is 14.3 Å². The summed E-state index contributed by atoms with van der Waals surface area (Å²) in [5, 5.41) is 19.2. The molecule has 0 fully saturated rings. The first kappa shape index (κ1) is 14.1. The third kappa shape index (κ3) is 2.00. The van der Waals surface area contributed by atoms with Crippen LogP contribution in [0.3, 0.4) is 0 Å². The normalized spacial score (nSPS) is 11.0. The lowest BCUT2D eigenvalue weighted by atomic mass is 10.2. The zero-order chi connectivity index (χ0) is 16.0. The van der Waals surface area contributed by atoms with E-state index in [-0.39, 0.29) is 17.0 Å². The third-order valence-corrected chi connectivity index (χ3v) is 3.20. The van der Waals surface area contributed by atoms with Gasteiger partial charge >= 0.3 is 5.97 Å². The summed E-state index contributed by atoms with van der Waals surface area (Å²) in [6.07, 6.45) is 1.01. The molecule has 0 aliphatic rings. The van der Waals surface area contributed by atoms with Crippen LogP contribution in [0.15, 0.2) is 17.1 Å². The van der Waals surface area contributed by atoms with E-state index in [1.54, 1.807) is 0 Å². The van der Waals surface area contributed by atoms with E-state index in [0.29, 0.717) is 0 Å². The SMILES string of the molecule is Cn1nnnc1-n1cc(C(=O)O)c(=O)c2cc(F)c(Cl)nc21. The van der Waals surface area contributed by atoms with E-state index in [1.165, 1.54) is 11.7 Å². The monoisotopic (exact) mass is 324 g/mol. The fourth-order valence-corrected chi connectivity index (χ4v) is 2.07. The fourth-order valence-electron chi connectivity index (χ4n) is 1.94. The quantitative estimate of drug-likeness (QED) is 0.678. The van der Waals surface area contributed by atoms with Crippen molar-refractivity contribution in [2.75, 3.05) is 0 Å². The Bertz CT molecular complexity index is 982. The number of tetrazole rings is 1. The van der Waals surface area contributed by atoms with Crippen LogP contribution in [0, 0.1) is 5.82 Å². The van der Waals surface area contributed by atoms with Gasteiger partial charge < -0.3 is 5.11 Å². The van der Waals surface area contributed by atoms with Crippen LogP contribution in [-0.4, -0.2) is 40.8 Å². The van der Waals surface area contributed by atoms with Crippen LogP contribution in [-0.2, 0) is 7.05 Å². The number of aromatic carboxylic acids is 1. The van der Waals surface area contributed by atoms with E-state index in [0.717, 1.165) is 16.8 Å². The van der Waals surface area contributed by atoms with Gasteiger partial charge in [-0.15, -0.1) is 0 Å². The molecule has 0 amide bonds. The Morgan fingerprint density at radius 1 is 1.45 bits per heavy atom. The van der Waals surface area contributed by atoms with Gasteiger partial charge in [0.15, 0.2) is 16.6 Å². The second-order valence-corrected chi connectivity index (χ2v) is 4.64. The van der Waals surface area contributed by atoms with Gasteiger partial charge in [0.25, 0.3) is 5.95 Å². The topological polar surface area (TPSA) is 116 Å². The van der Waals surface area contributed by atoms with Crippen molar-refractivity contribution in [2.45, 2.75) is 0 Å².